The molecule has 2 rings (SSSR count). The highest BCUT2D eigenvalue weighted by atomic mass is 79.9. The van der Waals surface area contributed by atoms with Crippen LogP contribution in [0.25, 0.3) is 0 Å². The molecule has 0 saturated heterocycles. The molecule has 0 aromatic heterocycles. The lowest BCUT2D eigenvalue weighted by molar-refractivity contribution is -0.117. The molecule has 1 N–H and O–H groups in total. The zero-order chi connectivity index (χ0) is 18.4. The summed E-state index contributed by atoms with van der Waals surface area (Å²) in [7, 11) is 5.11. The molecule has 5 nitrogen and oxygen atoms in total. The van der Waals surface area contributed by atoms with Crippen LogP contribution in [0, 0.1) is 6.92 Å². The minimum absolute atomic E-state index is 0.0528. The molecule has 0 saturated carbocycles. The lowest BCUT2D eigenvalue weighted by Gasteiger charge is -2.19. The lowest BCUT2D eigenvalue weighted by atomic mass is 10.2. The second-order valence-electron chi connectivity index (χ2n) is 5.89. The monoisotopic (exact) mass is 406 g/mol. The number of nitrogens with zero attached hydrogens (tertiary/aromatic N) is 1. The number of anilines is 1. The number of hydrogen-bond acceptors (Lipinski definition) is 4. The maximum Gasteiger partial charge on any atom is 0.238 e. The van der Waals surface area contributed by atoms with E-state index in [0.717, 1.165) is 21.3 Å². The van der Waals surface area contributed by atoms with Crippen LogP contribution in [0.4, 0.5) is 5.69 Å². The summed E-state index contributed by atoms with van der Waals surface area (Å²) in [5.41, 5.74) is 2.98. The summed E-state index contributed by atoms with van der Waals surface area (Å²) in [6.07, 6.45) is 0. The molecule has 0 atom stereocenters. The first-order valence-corrected chi connectivity index (χ1v) is 8.67. The number of aryl methyl sites for hydroxylation is 1. The van der Waals surface area contributed by atoms with Gasteiger partial charge in [0.25, 0.3) is 0 Å². The number of rotatable bonds is 7. The van der Waals surface area contributed by atoms with E-state index in [1.54, 1.807) is 14.2 Å². The molecule has 2 aromatic carbocycles. The molecule has 0 unspecified atom stereocenters. The molecule has 25 heavy (non-hydrogen) atoms. The van der Waals surface area contributed by atoms with E-state index in [1.807, 2.05) is 55.3 Å². The van der Waals surface area contributed by atoms with Crippen LogP contribution in [-0.2, 0) is 11.3 Å². The molecule has 134 valence electrons. The number of benzene rings is 2. The fraction of sp³-hybridized carbons (Fsp3) is 0.316. The van der Waals surface area contributed by atoms with Crippen molar-refractivity contribution in [2.45, 2.75) is 13.5 Å². The van der Waals surface area contributed by atoms with Crippen LogP contribution >= 0.6 is 15.9 Å². The summed E-state index contributed by atoms with van der Waals surface area (Å²) in [5.74, 6) is 1.28. The standard InChI is InChI=1S/C19H23BrN2O3/c1-13-5-7-15(8-6-13)21-19(23)12-22(2)11-14-9-17(24-3)18(25-4)10-16(14)20/h5-10H,11-12H2,1-4H3,(H,21,23). The van der Waals surface area contributed by atoms with Gasteiger partial charge in [-0.3, -0.25) is 9.69 Å². The second-order valence-corrected chi connectivity index (χ2v) is 6.74. The average Bonchev–Trinajstić information content (AvgIpc) is 2.58. The van der Waals surface area contributed by atoms with E-state index in [0.29, 0.717) is 18.0 Å². The van der Waals surface area contributed by atoms with Crippen molar-refractivity contribution in [2.24, 2.45) is 0 Å². The van der Waals surface area contributed by atoms with Crippen LogP contribution in [0.1, 0.15) is 11.1 Å². The molecular weight excluding hydrogens is 384 g/mol. The van der Waals surface area contributed by atoms with Gasteiger partial charge in [-0.15, -0.1) is 0 Å². The largest absolute Gasteiger partial charge is 0.493 e. The molecule has 0 radical (unpaired) electrons. The van der Waals surface area contributed by atoms with Gasteiger partial charge in [-0.2, -0.15) is 0 Å². The van der Waals surface area contributed by atoms with Crippen molar-refractivity contribution in [3.63, 3.8) is 0 Å². The number of amides is 1. The number of hydrogen-bond donors (Lipinski definition) is 1. The van der Waals surface area contributed by atoms with E-state index >= 15 is 0 Å². The van der Waals surface area contributed by atoms with Gasteiger partial charge in [-0.1, -0.05) is 33.6 Å². The molecule has 0 aliphatic rings. The Labute approximate surface area is 157 Å². The Bertz CT molecular complexity index is 732. The first-order valence-electron chi connectivity index (χ1n) is 7.88. The van der Waals surface area contributed by atoms with E-state index in [-0.39, 0.29) is 12.5 Å². The van der Waals surface area contributed by atoms with Crippen LogP contribution in [0.3, 0.4) is 0 Å². The van der Waals surface area contributed by atoms with E-state index in [1.165, 1.54) is 0 Å². The van der Waals surface area contributed by atoms with Crippen LogP contribution in [-0.4, -0.2) is 38.6 Å². The number of halogens is 1. The van der Waals surface area contributed by atoms with Crippen molar-refractivity contribution < 1.29 is 14.3 Å². The fourth-order valence-electron chi connectivity index (χ4n) is 2.45. The maximum absolute atomic E-state index is 12.2. The first-order chi connectivity index (χ1) is 11.9. The Hall–Kier alpha value is -2.05. The third-order valence-corrected chi connectivity index (χ3v) is 4.48. The van der Waals surface area contributed by atoms with Crippen LogP contribution in [0.5, 0.6) is 11.5 Å². The van der Waals surface area contributed by atoms with Crippen molar-refractivity contribution in [1.82, 2.24) is 4.90 Å². The van der Waals surface area contributed by atoms with E-state index in [9.17, 15) is 4.79 Å². The topological polar surface area (TPSA) is 50.8 Å². The van der Waals surface area contributed by atoms with Crippen molar-refractivity contribution in [1.29, 1.82) is 0 Å². The van der Waals surface area contributed by atoms with Gasteiger partial charge in [0.15, 0.2) is 11.5 Å². The Morgan fingerprint density at radius 2 is 1.72 bits per heavy atom. The maximum atomic E-state index is 12.2. The molecule has 0 heterocycles. The molecule has 2 aromatic rings. The third kappa shape index (κ3) is 5.47. The van der Waals surface area contributed by atoms with Gasteiger partial charge >= 0.3 is 0 Å². The molecule has 6 heteroatoms. The van der Waals surface area contributed by atoms with Gasteiger partial charge in [-0.05, 0) is 43.8 Å². The minimum Gasteiger partial charge on any atom is -0.493 e. The Morgan fingerprint density at radius 3 is 2.32 bits per heavy atom. The Morgan fingerprint density at radius 1 is 1.12 bits per heavy atom. The van der Waals surface area contributed by atoms with Gasteiger partial charge in [0.1, 0.15) is 0 Å². The summed E-state index contributed by atoms with van der Waals surface area (Å²) in [4.78, 5) is 14.1. The lowest BCUT2D eigenvalue weighted by Crippen LogP contribution is -2.30. The smallest absolute Gasteiger partial charge is 0.238 e. The Balaban J connectivity index is 1.98. The number of nitrogens with one attached hydrogen (secondary N) is 1. The van der Waals surface area contributed by atoms with Gasteiger partial charge < -0.3 is 14.8 Å². The molecule has 0 aliphatic heterocycles. The third-order valence-electron chi connectivity index (χ3n) is 3.74. The summed E-state index contributed by atoms with van der Waals surface area (Å²) < 4.78 is 11.5. The summed E-state index contributed by atoms with van der Waals surface area (Å²) in [6.45, 7) is 2.90. The van der Waals surface area contributed by atoms with Crippen molar-refractivity contribution in [2.75, 3.05) is 33.1 Å². The van der Waals surface area contributed by atoms with E-state index in [2.05, 4.69) is 21.2 Å². The highest BCUT2D eigenvalue weighted by molar-refractivity contribution is 9.10. The SMILES string of the molecule is COc1cc(Br)c(CN(C)CC(=O)Nc2ccc(C)cc2)cc1OC. The number of ether oxygens (including phenoxy) is 2. The molecule has 0 fully saturated rings. The van der Waals surface area contributed by atoms with Crippen LogP contribution in [0.2, 0.25) is 0 Å². The quantitative estimate of drug-likeness (QED) is 0.758. The predicted molar refractivity (Wildman–Crippen MR) is 103 cm³/mol. The zero-order valence-corrected chi connectivity index (χ0v) is 16.5. The summed E-state index contributed by atoms with van der Waals surface area (Å²) in [5, 5.41) is 2.90. The number of carbonyl (C=O) groups is 1. The van der Waals surface area contributed by atoms with Gasteiger partial charge in [0.05, 0.1) is 20.8 Å². The highest BCUT2D eigenvalue weighted by Gasteiger charge is 2.13. The number of carbonyl (C=O) groups excluding carboxylic acids is 1. The number of likely N-dealkylation sites (N-methyl/N-ethyl adjacent to an activating group) is 1. The Kier molecular flexibility index (Phi) is 6.84. The number of methoxy groups -OCH3 is 2. The van der Waals surface area contributed by atoms with Gasteiger partial charge in [0, 0.05) is 16.7 Å². The fourth-order valence-corrected chi connectivity index (χ4v) is 2.89. The van der Waals surface area contributed by atoms with Crippen molar-refractivity contribution >= 4 is 27.5 Å². The first kappa shape index (κ1) is 19.3. The minimum atomic E-state index is -0.0528. The molecular formula is C19H23BrN2O3. The zero-order valence-electron chi connectivity index (χ0n) is 14.9. The average molecular weight is 407 g/mol. The highest BCUT2D eigenvalue weighted by Crippen LogP contribution is 2.33. The molecule has 0 spiro atoms. The normalized spacial score (nSPS) is 10.6. The van der Waals surface area contributed by atoms with E-state index in [4.69, 9.17) is 9.47 Å². The van der Waals surface area contributed by atoms with Crippen molar-refractivity contribution in [3.05, 3.63) is 52.0 Å². The predicted octanol–water partition coefficient (Wildman–Crippen LogP) is 3.85. The van der Waals surface area contributed by atoms with E-state index < -0.39 is 0 Å². The van der Waals surface area contributed by atoms with Crippen LogP contribution < -0.4 is 14.8 Å². The second kappa shape index (κ2) is 8.87. The molecule has 1 amide bonds. The van der Waals surface area contributed by atoms with Gasteiger partial charge in [0.2, 0.25) is 5.91 Å². The van der Waals surface area contributed by atoms with Crippen molar-refractivity contribution in [3.8, 4) is 11.5 Å². The van der Waals surface area contributed by atoms with Gasteiger partial charge in [-0.25, -0.2) is 0 Å². The summed E-state index contributed by atoms with van der Waals surface area (Å²) >= 11 is 3.54. The van der Waals surface area contributed by atoms with Crippen LogP contribution in [0.15, 0.2) is 40.9 Å². The molecule has 0 bridgehead atoms. The summed E-state index contributed by atoms with van der Waals surface area (Å²) in [6, 6.07) is 11.5. The molecule has 0 aliphatic carbocycles.